The van der Waals surface area contributed by atoms with E-state index in [2.05, 4.69) is 29.8 Å². The topological polar surface area (TPSA) is 79.8 Å². The summed E-state index contributed by atoms with van der Waals surface area (Å²) in [7, 11) is 0. The molecule has 3 aromatic heterocycles. The lowest BCUT2D eigenvalue weighted by Gasteiger charge is -2.25. The number of pyridine rings is 1. The third kappa shape index (κ3) is 2.69. The molecular formula is C16H18N6O. The highest BCUT2D eigenvalue weighted by atomic mass is 16.5. The van der Waals surface area contributed by atoms with Crippen molar-refractivity contribution >= 4 is 17.0 Å². The highest BCUT2D eigenvalue weighted by Crippen LogP contribution is 2.28. The fourth-order valence-corrected chi connectivity index (χ4v) is 3.03. The van der Waals surface area contributed by atoms with Gasteiger partial charge in [-0.1, -0.05) is 6.07 Å². The van der Waals surface area contributed by atoms with Gasteiger partial charge in [-0.15, -0.1) is 0 Å². The van der Waals surface area contributed by atoms with Gasteiger partial charge in [0.15, 0.2) is 11.5 Å². The Hall–Kier alpha value is -2.70. The average Bonchev–Trinajstić information content (AvgIpc) is 3.21. The molecule has 0 aromatic carbocycles. The SMILES string of the molecule is Cc1cccc(OC[C@H]2CCCN2c2ncnc3[nH]cnc23)n1. The minimum absolute atomic E-state index is 0.270. The molecule has 23 heavy (non-hydrogen) atoms. The fraction of sp³-hybridized carbons (Fsp3) is 0.375. The van der Waals surface area contributed by atoms with Crippen LogP contribution in [0.5, 0.6) is 5.88 Å². The zero-order valence-corrected chi connectivity index (χ0v) is 12.9. The van der Waals surface area contributed by atoms with Gasteiger partial charge in [0.05, 0.1) is 12.4 Å². The number of rotatable bonds is 4. The molecule has 1 aliphatic heterocycles. The summed E-state index contributed by atoms with van der Waals surface area (Å²) in [5, 5.41) is 0. The summed E-state index contributed by atoms with van der Waals surface area (Å²) >= 11 is 0. The van der Waals surface area contributed by atoms with Crippen molar-refractivity contribution in [3.8, 4) is 5.88 Å². The summed E-state index contributed by atoms with van der Waals surface area (Å²) < 4.78 is 5.89. The Bertz CT molecular complexity index is 817. The smallest absolute Gasteiger partial charge is 0.213 e. The van der Waals surface area contributed by atoms with E-state index in [1.165, 1.54) is 0 Å². The number of aromatic amines is 1. The van der Waals surface area contributed by atoms with E-state index in [1.54, 1.807) is 12.7 Å². The monoisotopic (exact) mass is 310 g/mol. The highest BCUT2D eigenvalue weighted by Gasteiger charge is 2.28. The number of hydrogen-bond donors (Lipinski definition) is 1. The molecule has 0 amide bonds. The van der Waals surface area contributed by atoms with Crippen LogP contribution < -0.4 is 9.64 Å². The standard InChI is InChI=1S/C16H18N6O/c1-11-4-2-6-13(21-11)23-8-12-5-3-7-22(12)16-14-15(18-9-17-14)19-10-20-16/h2,4,6,9-10,12H,3,5,7-8H2,1H3,(H,17,18,19,20)/t12-/m1/s1. The first kappa shape index (κ1) is 13.9. The number of nitrogens with one attached hydrogen (secondary N) is 1. The van der Waals surface area contributed by atoms with Crippen LogP contribution in [0.2, 0.25) is 0 Å². The van der Waals surface area contributed by atoms with E-state index < -0.39 is 0 Å². The van der Waals surface area contributed by atoms with Crippen molar-refractivity contribution in [2.75, 3.05) is 18.1 Å². The van der Waals surface area contributed by atoms with Crippen molar-refractivity contribution in [2.45, 2.75) is 25.8 Å². The third-order valence-corrected chi connectivity index (χ3v) is 4.13. The van der Waals surface area contributed by atoms with Gasteiger partial charge in [0.25, 0.3) is 0 Å². The van der Waals surface area contributed by atoms with Gasteiger partial charge in [0, 0.05) is 18.3 Å². The van der Waals surface area contributed by atoms with Crippen LogP contribution >= 0.6 is 0 Å². The van der Waals surface area contributed by atoms with Gasteiger partial charge in [-0.2, -0.15) is 0 Å². The van der Waals surface area contributed by atoms with Gasteiger partial charge in [-0.05, 0) is 25.8 Å². The van der Waals surface area contributed by atoms with E-state index in [9.17, 15) is 0 Å². The van der Waals surface area contributed by atoms with Gasteiger partial charge in [0.2, 0.25) is 5.88 Å². The first-order valence-electron chi connectivity index (χ1n) is 7.78. The molecule has 0 saturated carbocycles. The van der Waals surface area contributed by atoms with Crippen LogP contribution in [0.4, 0.5) is 5.82 Å². The summed E-state index contributed by atoms with van der Waals surface area (Å²) in [5.41, 5.74) is 2.54. The maximum Gasteiger partial charge on any atom is 0.213 e. The molecule has 4 heterocycles. The first-order valence-corrected chi connectivity index (χ1v) is 7.78. The molecule has 1 atom stereocenters. The second-order valence-corrected chi connectivity index (χ2v) is 5.71. The predicted molar refractivity (Wildman–Crippen MR) is 86.5 cm³/mol. The molecule has 7 nitrogen and oxygen atoms in total. The average molecular weight is 310 g/mol. The van der Waals surface area contributed by atoms with Crippen LogP contribution in [0.3, 0.4) is 0 Å². The maximum absolute atomic E-state index is 5.89. The lowest BCUT2D eigenvalue weighted by Crippen LogP contribution is -2.35. The Morgan fingerprint density at radius 1 is 1.30 bits per heavy atom. The molecule has 0 unspecified atom stereocenters. The van der Waals surface area contributed by atoms with Crippen molar-refractivity contribution < 1.29 is 4.74 Å². The number of aromatic nitrogens is 5. The Balaban J connectivity index is 1.54. The van der Waals surface area contributed by atoms with Crippen LogP contribution in [0.15, 0.2) is 30.9 Å². The normalized spacial score (nSPS) is 17.8. The molecule has 0 spiro atoms. The number of H-pyrrole nitrogens is 1. The zero-order valence-electron chi connectivity index (χ0n) is 12.9. The van der Waals surface area contributed by atoms with Crippen LogP contribution in [-0.4, -0.2) is 44.1 Å². The van der Waals surface area contributed by atoms with Crippen LogP contribution in [-0.2, 0) is 0 Å². The van der Waals surface area contributed by atoms with Gasteiger partial charge < -0.3 is 14.6 Å². The number of anilines is 1. The molecule has 1 N–H and O–H groups in total. The summed E-state index contributed by atoms with van der Waals surface area (Å²) in [6, 6.07) is 6.08. The van der Waals surface area contributed by atoms with E-state index >= 15 is 0 Å². The predicted octanol–water partition coefficient (Wildman–Crippen LogP) is 2.10. The summed E-state index contributed by atoms with van der Waals surface area (Å²) in [6.45, 7) is 3.50. The van der Waals surface area contributed by atoms with E-state index in [1.807, 2.05) is 25.1 Å². The molecule has 7 heteroatoms. The number of ether oxygens (including phenoxy) is 1. The molecule has 3 aromatic rings. The minimum Gasteiger partial charge on any atom is -0.475 e. The molecule has 1 aliphatic rings. The maximum atomic E-state index is 5.89. The van der Waals surface area contributed by atoms with Crippen LogP contribution in [0.25, 0.3) is 11.2 Å². The molecule has 0 bridgehead atoms. The lowest BCUT2D eigenvalue weighted by molar-refractivity contribution is 0.277. The van der Waals surface area contributed by atoms with Crippen molar-refractivity contribution in [1.29, 1.82) is 0 Å². The molecular weight excluding hydrogens is 292 g/mol. The van der Waals surface area contributed by atoms with Gasteiger partial charge in [-0.3, -0.25) is 0 Å². The van der Waals surface area contributed by atoms with Gasteiger partial charge >= 0.3 is 0 Å². The largest absolute Gasteiger partial charge is 0.475 e. The molecule has 0 radical (unpaired) electrons. The molecule has 1 fully saturated rings. The van der Waals surface area contributed by atoms with Gasteiger partial charge in [0.1, 0.15) is 18.5 Å². The Morgan fingerprint density at radius 2 is 2.26 bits per heavy atom. The van der Waals surface area contributed by atoms with Crippen LogP contribution in [0.1, 0.15) is 18.5 Å². The Morgan fingerprint density at radius 3 is 3.17 bits per heavy atom. The van der Waals surface area contributed by atoms with E-state index in [0.29, 0.717) is 12.5 Å². The van der Waals surface area contributed by atoms with Gasteiger partial charge in [-0.25, -0.2) is 19.9 Å². The second-order valence-electron chi connectivity index (χ2n) is 5.71. The van der Waals surface area contributed by atoms with Crippen molar-refractivity contribution in [2.24, 2.45) is 0 Å². The summed E-state index contributed by atoms with van der Waals surface area (Å²) in [6.07, 6.45) is 5.42. The highest BCUT2D eigenvalue weighted by molar-refractivity contribution is 5.82. The first-order chi connectivity index (χ1) is 11.3. The molecule has 118 valence electrons. The van der Waals surface area contributed by atoms with Crippen molar-refractivity contribution in [3.05, 3.63) is 36.5 Å². The van der Waals surface area contributed by atoms with E-state index in [4.69, 9.17) is 4.74 Å². The second kappa shape index (κ2) is 5.83. The number of fused-ring (bicyclic) bond motifs is 1. The summed E-state index contributed by atoms with van der Waals surface area (Å²) in [5.74, 6) is 1.55. The van der Waals surface area contributed by atoms with Crippen molar-refractivity contribution in [3.63, 3.8) is 0 Å². The molecule has 0 aliphatic carbocycles. The zero-order chi connectivity index (χ0) is 15.6. The number of imidazole rings is 1. The van der Waals surface area contributed by atoms with E-state index in [-0.39, 0.29) is 6.04 Å². The third-order valence-electron chi connectivity index (χ3n) is 4.13. The Labute approximate surface area is 133 Å². The van der Waals surface area contributed by atoms with E-state index in [0.717, 1.165) is 42.1 Å². The molecule has 1 saturated heterocycles. The van der Waals surface area contributed by atoms with Crippen LogP contribution in [0, 0.1) is 6.92 Å². The number of aryl methyl sites for hydroxylation is 1. The quantitative estimate of drug-likeness (QED) is 0.795. The fourth-order valence-electron chi connectivity index (χ4n) is 3.03. The number of nitrogens with zero attached hydrogens (tertiary/aromatic N) is 5. The Kier molecular flexibility index (Phi) is 3.53. The number of hydrogen-bond acceptors (Lipinski definition) is 6. The summed E-state index contributed by atoms with van der Waals surface area (Å²) in [4.78, 5) is 22.7. The minimum atomic E-state index is 0.270. The van der Waals surface area contributed by atoms with Crippen molar-refractivity contribution in [1.82, 2.24) is 24.9 Å². The lowest BCUT2D eigenvalue weighted by atomic mass is 10.2. The molecule has 4 rings (SSSR count).